The summed E-state index contributed by atoms with van der Waals surface area (Å²) in [5.74, 6) is -0.286. The normalized spacial score (nSPS) is 12.0. The van der Waals surface area contributed by atoms with Crippen LogP contribution in [0.2, 0.25) is 5.02 Å². The molecule has 0 aliphatic carbocycles. The number of sulfone groups is 1. The van der Waals surface area contributed by atoms with Crippen LogP contribution in [0.4, 0.5) is 13.2 Å². The van der Waals surface area contributed by atoms with Crippen LogP contribution in [-0.2, 0) is 28.2 Å². The van der Waals surface area contributed by atoms with Crippen LogP contribution in [0.1, 0.15) is 22.6 Å². The molecular weight excluding hydrogens is 495 g/mol. The fraction of sp³-hybridized carbons (Fsp3) is 0.143. The molecule has 176 valence electrons. The lowest BCUT2D eigenvalue weighted by Gasteiger charge is -2.14. The number of aromatic amines is 1. The average molecular weight is 510 g/mol. The smallest absolute Gasteiger partial charge is 0.416 e. The highest BCUT2D eigenvalue weighted by atomic mass is 35.5. The Morgan fingerprint density at radius 2 is 1.88 bits per heavy atom. The van der Waals surface area contributed by atoms with Crippen molar-refractivity contribution in [1.82, 2.24) is 25.6 Å². The number of nitrogens with zero attached hydrogens (tertiary/aromatic N) is 4. The Morgan fingerprint density at radius 3 is 2.53 bits per heavy atom. The van der Waals surface area contributed by atoms with Gasteiger partial charge in [0.1, 0.15) is 11.5 Å². The molecule has 0 aliphatic rings. The number of alkyl halides is 3. The summed E-state index contributed by atoms with van der Waals surface area (Å²) in [5.41, 5.74) is -0.344. The third-order valence-corrected chi connectivity index (χ3v) is 6.54. The molecular formula is C21H15ClF3N5O3S. The van der Waals surface area contributed by atoms with Crippen molar-refractivity contribution in [2.75, 3.05) is 0 Å². The van der Waals surface area contributed by atoms with Crippen molar-refractivity contribution in [1.29, 1.82) is 0 Å². The van der Waals surface area contributed by atoms with Crippen molar-refractivity contribution in [3.05, 3.63) is 88.5 Å². The number of rotatable bonds is 7. The van der Waals surface area contributed by atoms with Gasteiger partial charge in [-0.15, -0.1) is 10.2 Å². The Hall–Kier alpha value is -3.51. The highest BCUT2D eigenvalue weighted by Gasteiger charge is 2.31. The molecule has 2 heterocycles. The van der Waals surface area contributed by atoms with Crippen molar-refractivity contribution in [3.63, 3.8) is 0 Å². The molecule has 2 aromatic heterocycles. The molecule has 0 amide bonds. The summed E-state index contributed by atoms with van der Waals surface area (Å²) in [5, 5.41) is 13.0. The van der Waals surface area contributed by atoms with E-state index >= 15 is 0 Å². The van der Waals surface area contributed by atoms with Gasteiger partial charge < -0.3 is 4.74 Å². The first-order chi connectivity index (χ1) is 16.1. The zero-order valence-electron chi connectivity index (χ0n) is 17.1. The van der Waals surface area contributed by atoms with E-state index in [2.05, 4.69) is 25.6 Å². The van der Waals surface area contributed by atoms with Crippen molar-refractivity contribution in [2.24, 2.45) is 0 Å². The summed E-state index contributed by atoms with van der Waals surface area (Å²) in [4.78, 5) is 3.93. The maximum Gasteiger partial charge on any atom is 0.416 e. The summed E-state index contributed by atoms with van der Waals surface area (Å²) in [7, 11) is -3.76. The summed E-state index contributed by atoms with van der Waals surface area (Å²) < 4.78 is 71.2. The molecule has 0 spiro atoms. The summed E-state index contributed by atoms with van der Waals surface area (Å²) in [6, 6.07) is 11.8. The van der Waals surface area contributed by atoms with Gasteiger partial charge in [0.25, 0.3) is 0 Å². The molecule has 2 aromatic carbocycles. The molecule has 0 radical (unpaired) electrons. The molecule has 1 N–H and O–H groups in total. The maximum atomic E-state index is 13.4. The third kappa shape index (κ3) is 5.69. The minimum Gasteiger partial charge on any atom is -0.456 e. The van der Waals surface area contributed by atoms with Gasteiger partial charge in [-0.3, -0.25) is 4.98 Å². The number of aromatic nitrogens is 5. The largest absolute Gasteiger partial charge is 0.456 e. The quantitative estimate of drug-likeness (QED) is 0.387. The molecule has 0 bridgehead atoms. The lowest BCUT2D eigenvalue weighted by molar-refractivity contribution is -0.137. The zero-order valence-corrected chi connectivity index (χ0v) is 18.7. The van der Waals surface area contributed by atoms with Gasteiger partial charge in [0.05, 0.1) is 26.9 Å². The van der Waals surface area contributed by atoms with E-state index in [-0.39, 0.29) is 45.0 Å². The van der Waals surface area contributed by atoms with E-state index in [1.807, 2.05) is 0 Å². The SMILES string of the molecule is O=S(=O)(Cc1ccccn1)c1ccc(Oc2cc(Cc3nn[nH]n3)cc(C(F)(F)F)c2)c(Cl)c1. The van der Waals surface area contributed by atoms with E-state index in [4.69, 9.17) is 16.3 Å². The average Bonchev–Trinajstić information content (AvgIpc) is 3.28. The lowest BCUT2D eigenvalue weighted by atomic mass is 10.1. The van der Waals surface area contributed by atoms with Crippen LogP contribution in [0.25, 0.3) is 0 Å². The van der Waals surface area contributed by atoms with E-state index in [9.17, 15) is 21.6 Å². The molecule has 0 unspecified atom stereocenters. The lowest BCUT2D eigenvalue weighted by Crippen LogP contribution is -2.07. The van der Waals surface area contributed by atoms with E-state index in [0.29, 0.717) is 5.69 Å². The monoisotopic (exact) mass is 509 g/mol. The van der Waals surface area contributed by atoms with Gasteiger partial charge in [-0.25, -0.2) is 8.42 Å². The van der Waals surface area contributed by atoms with Gasteiger partial charge in [0.15, 0.2) is 15.7 Å². The topological polar surface area (TPSA) is 111 Å². The molecule has 0 atom stereocenters. The Bertz CT molecular complexity index is 1400. The fourth-order valence-corrected chi connectivity index (χ4v) is 4.66. The van der Waals surface area contributed by atoms with Crippen LogP contribution >= 0.6 is 11.6 Å². The van der Waals surface area contributed by atoms with Gasteiger partial charge in [-0.1, -0.05) is 22.9 Å². The summed E-state index contributed by atoms with van der Waals surface area (Å²) in [6.07, 6.45) is -3.16. The molecule has 34 heavy (non-hydrogen) atoms. The fourth-order valence-electron chi connectivity index (χ4n) is 3.07. The molecule has 4 rings (SSSR count). The third-order valence-electron chi connectivity index (χ3n) is 4.60. The van der Waals surface area contributed by atoms with E-state index in [1.165, 1.54) is 30.5 Å². The minimum atomic E-state index is -4.63. The number of nitrogens with one attached hydrogen (secondary N) is 1. The maximum absolute atomic E-state index is 13.4. The van der Waals surface area contributed by atoms with Crippen LogP contribution in [0.5, 0.6) is 11.5 Å². The van der Waals surface area contributed by atoms with Gasteiger partial charge in [0.2, 0.25) is 0 Å². The van der Waals surface area contributed by atoms with Crippen molar-refractivity contribution in [2.45, 2.75) is 23.2 Å². The standard InChI is InChI=1S/C21H15ClF3N5O3S/c22-18-11-17(34(31,32)12-15-3-1-2-6-26-15)4-5-19(18)33-16-8-13(9-20-27-29-30-28-20)7-14(10-16)21(23,24)25/h1-8,10-11H,9,12H2,(H,27,28,29,30). The number of halogens is 4. The van der Waals surface area contributed by atoms with Crippen LogP contribution in [0, 0.1) is 0 Å². The van der Waals surface area contributed by atoms with E-state index in [0.717, 1.165) is 12.1 Å². The van der Waals surface area contributed by atoms with Crippen molar-refractivity contribution < 1.29 is 26.3 Å². The van der Waals surface area contributed by atoms with E-state index < -0.39 is 21.6 Å². The molecule has 0 fully saturated rings. The number of H-pyrrole nitrogens is 1. The second-order valence-corrected chi connectivity index (χ2v) is 9.54. The van der Waals surface area contributed by atoms with Crippen LogP contribution in [0.15, 0.2) is 65.7 Å². The van der Waals surface area contributed by atoms with E-state index in [1.54, 1.807) is 18.2 Å². The molecule has 0 aliphatic heterocycles. The molecule has 13 heteroatoms. The summed E-state index contributed by atoms with van der Waals surface area (Å²) >= 11 is 6.21. The first-order valence-corrected chi connectivity index (χ1v) is 11.7. The first-order valence-electron chi connectivity index (χ1n) is 9.64. The van der Waals surface area contributed by atoms with Crippen LogP contribution in [0.3, 0.4) is 0 Å². The second kappa shape index (κ2) is 9.39. The van der Waals surface area contributed by atoms with Gasteiger partial charge >= 0.3 is 6.18 Å². The van der Waals surface area contributed by atoms with Gasteiger partial charge in [-0.2, -0.15) is 18.4 Å². The predicted octanol–water partition coefficient (Wildman–Crippen LogP) is 4.62. The van der Waals surface area contributed by atoms with Crippen LogP contribution < -0.4 is 4.74 Å². The Kier molecular flexibility index (Phi) is 6.53. The first kappa shape index (κ1) is 23.6. The Labute approximate surface area is 196 Å². The molecule has 0 saturated heterocycles. The highest BCUT2D eigenvalue weighted by molar-refractivity contribution is 7.90. The predicted molar refractivity (Wildman–Crippen MR) is 115 cm³/mol. The number of pyridine rings is 1. The Balaban J connectivity index is 1.61. The number of ether oxygens (including phenoxy) is 1. The summed E-state index contributed by atoms with van der Waals surface area (Å²) in [6.45, 7) is 0. The van der Waals surface area contributed by atoms with Gasteiger partial charge in [0, 0.05) is 12.6 Å². The molecule has 4 aromatic rings. The number of benzene rings is 2. The van der Waals surface area contributed by atoms with Gasteiger partial charge in [-0.05, 0) is 54.1 Å². The number of hydrogen-bond donors (Lipinski definition) is 1. The molecule has 8 nitrogen and oxygen atoms in total. The second-order valence-electron chi connectivity index (χ2n) is 7.14. The molecule has 0 saturated carbocycles. The van der Waals surface area contributed by atoms with Crippen molar-refractivity contribution >= 4 is 21.4 Å². The highest BCUT2D eigenvalue weighted by Crippen LogP contribution is 2.37. The zero-order chi connectivity index (χ0) is 24.3. The Morgan fingerprint density at radius 1 is 1.06 bits per heavy atom. The van der Waals surface area contributed by atoms with Crippen molar-refractivity contribution in [3.8, 4) is 11.5 Å². The number of tetrazole rings is 1. The number of hydrogen-bond acceptors (Lipinski definition) is 7. The van der Waals surface area contributed by atoms with Crippen LogP contribution in [-0.4, -0.2) is 34.0 Å². The minimum absolute atomic E-state index is 0.0108.